The van der Waals surface area contributed by atoms with Crippen molar-refractivity contribution >= 4 is 26.8 Å². The molecule has 0 spiro atoms. The first-order valence-electron chi connectivity index (χ1n) is 5.49. The second-order valence-electron chi connectivity index (χ2n) is 4.47. The van der Waals surface area contributed by atoms with Crippen molar-refractivity contribution < 1.29 is 0 Å². The molecule has 2 aromatic rings. The summed E-state index contributed by atoms with van der Waals surface area (Å²) in [5.41, 5.74) is 3.95. The molecule has 0 aliphatic heterocycles. The molecule has 0 aliphatic rings. The Morgan fingerprint density at radius 2 is 2.06 bits per heavy atom. The molecule has 0 bridgehead atoms. The van der Waals surface area contributed by atoms with Crippen LogP contribution in [0.15, 0.2) is 22.7 Å². The summed E-state index contributed by atoms with van der Waals surface area (Å²) in [4.78, 5) is 5.66. The molecule has 1 aromatic heterocycles. The van der Waals surface area contributed by atoms with Gasteiger partial charge in [0.2, 0.25) is 0 Å². The summed E-state index contributed by atoms with van der Waals surface area (Å²) in [6.07, 6.45) is 1.10. The second-order valence-corrected chi connectivity index (χ2v) is 5.39. The topological polar surface area (TPSA) is 19.0 Å². The van der Waals surface area contributed by atoms with E-state index in [1.54, 1.807) is 0 Å². The SMILES string of the molecule is Cc1[nH]c2cc(Br)ccc2c1CCN(C)C. The number of H-pyrrole nitrogens is 1. The van der Waals surface area contributed by atoms with E-state index in [1.165, 1.54) is 22.2 Å². The second kappa shape index (κ2) is 4.60. The van der Waals surface area contributed by atoms with Gasteiger partial charge in [-0.2, -0.15) is 0 Å². The zero-order valence-corrected chi connectivity index (χ0v) is 11.6. The summed E-state index contributed by atoms with van der Waals surface area (Å²) in [5, 5.41) is 1.35. The molecule has 1 N–H and O–H groups in total. The number of benzene rings is 1. The zero-order chi connectivity index (χ0) is 11.7. The standard InChI is InChI=1S/C13H17BrN2/c1-9-11(6-7-16(2)3)12-5-4-10(14)8-13(12)15-9/h4-5,8,15H,6-7H2,1-3H3. The lowest BCUT2D eigenvalue weighted by Gasteiger charge is -2.09. The van der Waals surface area contributed by atoms with Gasteiger partial charge in [-0.25, -0.2) is 0 Å². The normalized spacial score (nSPS) is 11.6. The van der Waals surface area contributed by atoms with E-state index in [0.717, 1.165) is 17.4 Å². The molecule has 2 nitrogen and oxygen atoms in total. The van der Waals surface area contributed by atoms with Crippen molar-refractivity contribution in [2.24, 2.45) is 0 Å². The number of rotatable bonds is 3. The van der Waals surface area contributed by atoms with Gasteiger partial charge in [0.25, 0.3) is 0 Å². The fourth-order valence-corrected chi connectivity index (χ4v) is 2.38. The van der Waals surface area contributed by atoms with Gasteiger partial charge >= 0.3 is 0 Å². The molecule has 0 radical (unpaired) electrons. The van der Waals surface area contributed by atoms with E-state index in [9.17, 15) is 0 Å². The highest BCUT2D eigenvalue weighted by molar-refractivity contribution is 9.10. The number of hydrogen-bond acceptors (Lipinski definition) is 1. The lowest BCUT2D eigenvalue weighted by atomic mass is 10.1. The van der Waals surface area contributed by atoms with Crippen molar-refractivity contribution in [3.63, 3.8) is 0 Å². The van der Waals surface area contributed by atoms with E-state index < -0.39 is 0 Å². The summed E-state index contributed by atoms with van der Waals surface area (Å²) < 4.78 is 1.13. The predicted octanol–water partition coefficient (Wildman–Crippen LogP) is 3.34. The molecular weight excluding hydrogens is 264 g/mol. The molecule has 0 aliphatic carbocycles. The van der Waals surface area contributed by atoms with Crippen LogP contribution in [0.5, 0.6) is 0 Å². The number of halogens is 1. The largest absolute Gasteiger partial charge is 0.358 e. The van der Waals surface area contributed by atoms with E-state index in [1.807, 2.05) is 0 Å². The zero-order valence-electron chi connectivity index (χ0n) is 9.97. The highest BCUT2D eigenvalue weighted by atomic mass is 79.9. The first-order valence-corrected chi connectivity index (χ1v) is 6.28. The van der Waals surface area contributed by atoms with Crippen LogP contribution < -0.4 is 0 Å². The molecule has 16 heavy (non-hydrogen) atoms. The van der Waals surface area contributed by atoms with Gasteiger partial charge in [-0.1, -0.05) is 22.0 Å². The average Bonchev–Trinajstić information content (AvgIpc) is 2.50. The van der Waals surface area contributed by atoms with Crippen molar-refractivity contribution in [2.75, 3.05) is 20.6 Å². The maximum Gasteiger partial charge on any atom is 0.0470 e. The van der Waals surface area contributed by atoms with E-state index in [-0.39, 0.29) is 0 Å². The lowest BCUT2D eigenvalue weighted by Crippen LogP contribution is -2.15. The minimum absolute atomic E-state index is 1.09. The Labute approximate surface area is 105 Å². The summed E-state index contributed by atoms with van der Waals surface area (Å²) in [6.45, 7) is 3.24. The number of nitrogens with zero attached hydrogens (tertiary/aromatic N) is 1. The summed E-state index contributed by atoms with van der Waals surface area (Å²) in [5.74, 6) is 0. The van der Waals surface area contributed by atoms with Crippen LogP contribution in [0.3, 0.4) is 0 Å². The number of aryl methyl sites for hydroxylation is 1. The average molecular weight is 281 g/mol. The lowest BCUT2D eigenvalue weighted by molar-refractivity contribution is 0.414. The molecule has 3 heteroatoms. The van der Waals surface area contributed by atoms with Gasteiger partial charge in [-0.15, -0.1) is 0 Å². The maximum absolute atomic E-state index is 3.50. The number of hydrogen-bond donors (Lipinski definition) is 1. The third kappa shape index (κ3) is 2.30. The van der Waals surface area contributed by atoms with Crippen LogP contribution in [0.25, 0.3) is 10.9 Å². The molecule has 1 heterocycles. The smallest absolute Gasteiger partial charge is 0.0470 e. The molecule has 2 rings (SSSR count). The van der Waals surface area contributed by atoms with Gasteiger partial charge in [-0.3, -0.25) is 0 Å². The van der Waals surface area contributed by atoms with Gasteiger partial charge in [0.05, 0.1) is 0 Å². The van der Waals surface area contributed by atoms with Gasteiger partial charge in [0, 0.05) is 27.6 Å². The highest BCUT2D eigenvalue weighted by Crippen LogP contribution is 2.25. The van der Waals surface area contributed by atoms with Crippen molar-refractivity contribution in [2.45, 2.75) is 13.3 Å². The van der Waals surface area contributed by atoms with Crippen LogP contribution in [-0.2, 0) is 6.42 Å². The Kier molecular flexibility index (Phi) is 3.36. The number of likely N-dealkylation sites (N-methyl/N-ethyl adjacent to an activating group) is 1. The molecular formula is C13H17BrN2. The van der Waals surface area contributed by atoms with Crippen molar-refractivity contribution in [1.29, 1.82) is 0 Å². The summed E-state index contributed by atoms with van der Waals surface area (Å²) in [6, 6.07) is 6.43. The minimum atomic E-state index is 1.09. The summed E-state index contributed by atoms with van der Waals surface area (Å²) in [7, 11) is 4.22. The van der Waals surface area contributed by atoms with Crippen LogP contribution >= 0.6 is 15.9 Å². The number of fused-ring (bicyclic) bond motifs is 1. The third-order valence-electron chi connectivity index (χ3n) is 2.89. The van der Waals surface area contributed by atoms with Crippen LogP contribution in [0.1, 0.15) is 11.3 Å². The summed E-state index contributed by atoms with van der Waals surface area (Å²) >= 11 is 3.50. The van der Waals surface area contributed by atoms with Crippen LogP contribution in [0.4, 0.5) is 0 Å². The van der Waals surface area contributed by atoms with Gasteiger partial charge in [-0.05, 0) is 45.1 Å². The molecule has 0 amide bonds. The number of nitrogens with one attached hydrogen (secondary N) is 1. The Morgan fingerprint density at radius 1 is 1.31 bits per heavy atom. The van der Waals surface area contributed by atoms with Crippen molar-refractivity contribution in [1.82, 2.24) is 9.88 Å². The quantitative estimate of drug-likeness (QED) is 0.914. The predicted molar refractivity (Wildman–Crippen MR) is 73.0 cm³/mol. The highest BCUT2D eigenvalue weighted by Gasteiger charge is 2.08. The van der Waals surface area contributed by atoms with E-state index in [4.69, 9.17) is 0 Å². The Bertz CT molecular complexity index is 500. The Balaban J connectivity index is 2.40. The Hall–Kier alpha value is -0.800. The fraction of sp³-hybridized carbons (Fsp3) is 0.385. The van der Waals surface area contributed by atoms with Crippen LogP contribution in [0.2, 0.25) is 0 Å². The first kappa shape index (κ1) is 11.7. The van der Waals surface area contributed by atoms with Crippen LogP contribution in [-0.4, -0.2) is 30.5 Å². The van der Waals surface area contributed by atoms with Gasteiger partial charge in [0.15, 0.2) is 0 Å². The number of aromatic nitrogens is 1. The van der Waals surface area contributed by atoms with E-state index in [0.29, 0.717) is 0 Å². The van der Waals surface area contributed by atoms with Crippen LogP contribution in [0, 0.1) is 6.92 Å². The van der Waals surface area contributed by atoms with Gasteiger partial charge < -0.3 is 9.88 Å². The third-order valence-corrected chi connectivity index (χ3v) is 3.38. The minimum Gasteiger partial charge on any atom is -0.358 e. The maximum atomic E-state index is 3.50. The molecule has 0 saturated carbocycles. The molecule has 0 atom stereocenters. The van der Waals surface area contributed by atoms with E-state index >= 15 is 0 Å². The molecule has 86 valence electrons. The monoisotopic (exact) mass is 280 g/mol. The fourth-order valence-electron chi connectivity index (χ4n) is 2.02. The molecule has 0 saturated heterocycles. The number of aromatic amines is 1. The first-order chi connectivity index (χ1) is 7.58. The van der Waals surface area contributed by atoms with Gasteiger partial charge in [0.1, 0.15) is 0 Å². The molecule has 0 fully saturated rings. The van der Waals surface area contributed by atoms with Crippen molar-refractivity contribution in [3.8, 4) is 0 Å². The molecule has 0 unspecified atom stereocenters. The van der Waals surface area contributed by atoms with E-state index in [2.05, 4.69) is 65.0 Å². The van der Waals surface area contributed by atoms with Crippen molar-refractivity contribution in [3.05, 3.63) is 33.9 Å². The molecule has 1 aromatic carbocycles. The Morgan fingerprint density at radius 3 is 2.75 bits per heavy atom.